The molecule has 0 saturated carbocycles. The lowest BCUT2D eigenvalue weighted by Crippen LogP contribution is -2.37. The second-order valence-corrected chi connectivity index (χ2v) is 3.91. The van der Waals surface area contributed by atoms with Crippen molar-refractivity contribution < 1.29 is 13.6 Å². The highest BCUT2D eigenvalue weighted by molar-refractivity contribution is 5.76. The van der Waals surface area contributed by atoms with Crippen LogP contribution in [0.1, 0.15) is 18.0 Å². The summed E-state index contributed by atoms with van der Waals surface area (Å²) in [6, 6.07) is 2.70. The van der Waals surface area contributed by atoms with Crippen LogP contribution in [-0.2, 0) is 4.79 Å². The first-order chi connectivity index (χ1) is 7.90. The van der Waals surface area contributed by atoms with Crippen LogP contribution in [0.2, 0.25) is 0 Å². The van der Waals surface area contributed by atoms with Crippen LogP contribution in [0.25, 0.3) is 0 Å². The Morgan fingerprint density at radius 1 is 1.41 bits per heavy atom. The van der Waals surface area contributed by atoms with Crippen LogP contribution in [0, 0.1) is 11.6 Å². The highest BCUT2D eigenvalue weighted by Crippen LogP contribution is 2.16. The summed E-state index contributed by atoms with van der Waals surface area (Å²) in [6.45, 7) is 0. The molecule has 0 saturated heterocycles. The molecule has 17 heavy (non-hydrogen) atoms. The topological polar surface area (TPSA) is 58.4 Å². The number of rotatable bonds is 4. The maximum Gasteiger partial charge on any atom is 0.236 e. The number of nitrogens with zero attached hydrogens (tertiary/aromatic N) is 1. The molecule has 1 rings (SSSR count). The number of hydrazine groups is 1. The van der Waals surface area contributed by atoms with Crippen LogP contribution >= 0.6 is 0 Å². The predicted molar refractivity (Wildman–Crippen MR) is 59.7 cm³/mol. The summed E-state index contributed by atoms with van der Waals surface area (Å²) in [5, 5.41) is 1.49. The number of nitrogens with two attached hydrogens (primary N) is 1. The number of carbonyl (C=O) groups is 1. The molecular formula is C11H15F2N3O. The summed E-state index contributed by atoms with van der Waals surface area (Å²) in [5.74, 6) is -2.18. The van der Waals surface area contributed by atoms with E-state index in [1.807, 2.05) is 0 Å². The summed E-state index contributed by atoms with van der Waals surface area (Å²) in [4.78, 5) is 11.4. The molecule has 94 valence electrons. The van der Waals surface area contributed by atoms with Gasteiger partial charge in [0.25, 0.3) is 0 Å². The lowest BCUT2D eigenvalue weighted by atomic mass is 10.0. The molecule has 0 aromatic heterocycles. The summed E-state index contributed by atoms with van der Waals surface area (Å²) >= 11 is 0. The van der Waals surface area contributed by atoms with Crippen LogP contribution in [0.15, 0.2) is 18.2 Å². The summed E-state index contributed by atoms with van der Waals surface area (Å²) in [5.41, 5.74) is 8.62. The second-order valence-electron chi connectivity index (χ2n) is 3.91. The Morgan fingerprint density at radius 3 is 2.59 bits per heavy atom. The lowest BCUT2D eigenvalue weighted by molar-refractivity contribution is -0.125. The van der Waals surface area contributed by atoms with Gasteiger partial charge in [-0.05, 0) is 17.7 Å². The Balaban J connectivity index is 2.66. The largest absolute Gasteiger partial charge is 0.324 e. The molecule has 0 aliphatic heterocycles. The van der Waals surface area contributed by atoms with Crippen molar-refractivity contribution >= 4 is 5.91 Å². The Bertz CT molecular complexity index is 410. The molecule has 0 radical (unpaired) electrons. The molecule has 0 fully saturated rings. The monoisotopic (exact) mass is 243 g/mol. The van der Waals surface area contributed by atoms with Gasteiger partial charge in [0, 0.05) is 26.6 Å². The molecule has 1 aromatic carbocycles. The molecule has 4 nitrogen and oxygen atoms in total. The molecule has 0 aliphatic rings. The molecular weight excluding hydrogens is 228 g/mol. The van der Waals surface area contributed by atoms with Gasteiger partial charge >= 0.3 is 0 Å². The second kappa shape index (κ2) is 5.70. The fraction of sp³-hybridized carbons (Fsp3) is 0.364. The molecule has 1 atom stereocenters. The van der Waals surface area contributed by atoms with Crippen LogP contribution in [0.5, 0.6) is 0 Å². The van der Waals surface area contributed by atoms with Gasteiger partial charge in [-0.25, -0.2) is 13.8 Å². The first kappa shape index (κ1) is 13.5. The van der Waals surface area contributed by atoms with E-state index in [9.17, 15) is 13.6 Å². The number of carbonyl (C=O) groups excluding carboxylic acids is 1. The van der Waals surface area contributed by atoms with Crippen LogP contribution in [-0.4, -0.2) is 25.0 Å². The molecule has 1 unspecified atom stereocenters. The number of benzene rings is 1. The van der Waals surface area contributed by atoms with Gasteiger partial charge in [-0.2, -0.15) is 0 Å². The molecule has 0 spiro atoms. The highest BCUT2D eigenvalue weighted by atomic mass is 19.2. The molecule has 1 amide bonds. The number of hydrogen-bond acceptors (Lipinski definition) is 3. The van der Waals surface area contributed by atoms with E-state index in [1.165, 1.54) is 11.1 Å². The molecule has 1 aromatic rings. The zero-order valence-corrected chi connectivity index (χ0v) is 9.71. The highest BCUT2D eigenvalue weighted by Gasteiger charge is 2.14. The fourth-order valence-electron chi connectivity index (χ4n) is 1.36. The summed E-state index contributed by atoms with van der Waals surface area (Å²) < 4.78 is 25.6. The molecule has 6 heteroatoms. The van der Waals surface area contributed by atoms with Crippen molar-refractivity contribution in [2.45, 2.75) is 12.5 Å². The Kier molecular flexibility index (Phi) is 4.53. The van der Waals surface area contributed by atoms with Gasteiger partial charge in [0.05, 0.1) is 0 Å². The number of halogens is 2. The van der Waals surface area contributed by atoms with Crippen molar-refractivity contribution in [3.8, 4) is 0 Å². The summed E-state index contributed by atoms with van der Waals surface area (Å²) in [6.07, 6.45) is 0.00323. The smallest absolute Gasteiger partial charge is 0.236 e. The third-order valence-corrected chi connectivity index (χ3v) is 2.13. The zero-order valence-electron chi connectivity index (χ0n) is 9.71. The maximum absolute atomic E-state index is 12.9. The Labute approximate surface area is 98.4 Å². The third-order valence-electron chi connectivity index (χ3n) is 2.13. The van der Waals surface area contributed by atoms with Gasteiger partial charge in [0.1, 0.15) is 0 Å². The van der Waals surface area contributed by atoms with Crippen LogP contribution in [0.3, 0.4) is 0 Å². The molecule has 0 bridgehead atoms. The van der Waals surface area contributed by atoms with Crippen molar-refractivity contribution in [1.29, 1.82) is 0 Å². The minimum Gasteiger partial charge on any atom is -0.324 e. The van der Waals surface area contributed by atoms with E-state index < -0.39 is 17.7 Å². The number of nitrogens with one attached hydrogen (secondary N) is 1. The fourth-order valence-corrected chi connectivity index (χ4v) is 1.36. The van der Waals surface area contributed by atoms with Gasteiger partial charge in [-0.1, -0.05) is 6.07 Å². The minimum atomic E-state index is -0.967. The van der Waals surface area contributed by atoms with Gasteiger partial charge in [-0.3, -0.25) is 10.2 Å². The third kappa shape index (κ3) is 4.08. The van der Waals surface area contributed by atoms with E-state index in [2.05, 4.69) is 5.43 Å². The average Bonchev–Trinajstić information content (AvgIpc) is 2.20. The number of amides is 1. The van der Waals surface area contributed by atoms with Crippen molar-refractivity contribution in [1.82, 2.24) is 10.4 Å². The van der Waals surface area contributed by atoms with E-state index >= 15 is 0 Å². The quantitative estimate of drug-likeness (QED) is 0.774. The van der Waals surface area contributed by atoms with Crippen molar-refractivity contribution in [2.24, 2.45) is 5.73 Å². The van der Waals surface area contributed by atoms with E-state index in [4.69, 9.17) is 5.73 Å². The zero-order chi connectivity index (χ0) is 13.0. The van der Waals surface area contributed by atoms with E-state index in [0.29, 0.717) is 5.56 Å². The van der Waals surface area contributed by atoms with Gasteiger partial charge in [0.15, 0.2) is 11.6 Å². The average molecular weight is 243 g/mol. The Hall–Kier alpha value is -1.53. The summed E-state index contributed by atoms with van der Waals surface area (Å²) in [7, 11) is 3.34. The molecule has 3 N–H and O–H groups in total. The Morgan fingerprint density at radius 2 is 2.06 bits per heavy atom. The maximum atomic E-state index is 12.9. The van der Waals surface area contributed by atoms with Gasteiger partial charge in [-0.15, -0.1) is 0 Å². The van der Waals surface area contributed by atoms with Crippen LogP contribution in [0.4, 0.5) is 8.78 Å². The van der Waals surface area contributed by atoms with Gasteiger partial charge < -0.3 is 5.73 Å². The first-order valence-electron chi connectivity index (χ1n) is 5.07. The standard InChI is InChI=1S/C11H15F2N3O/c1-16(2)15-11(17)6-10(14)7-3-4-8(12)9(13)5-7/h3-5,10H,6,14H2,1-2H3,(H,15,17). The van der Waals surface area contributed by atoms with Crippen LogP contribution < -0.4 is 11.2 Å². The minimum absolute atomic E-state index is 0.00323. The van der Waals surface area contributed by atoms with E-state index in [1.54, 1.807) is 14.1 Å². The number of hydrogen-bond donors (Lipinski definition) is 2. The van der Waals surface area contributed by atoms with Crippen molar-refractivity contribution in [3.05, 3.63) is 35.4 Å². The van der Waals surface area contributed by atoms with E-state index in [0.717, 1.165) is 12.1 Å². The SMILES string of the molecule is CN(C)NC(=O)CC(N)c1ccc(F)c(F)c1. The molecule has 0 heterocycles. The van der Waals surface area contributed by atoms with E-state index in [-0.39, 0.29) is 12.3 Å². The van der Waals surface area contributed by atoms with Crippen molar-refractivity contribution in [2.75, 3.05) is 14.1 Å². The normalized spacial score (nSPS) is 12.6. The predicted octanol–water partition coefficient (Wildman–Crippen LogP) is 0.947. The molecule has 0 aliphatic carbocycles. The van der Waals surface area contributed by atoms with Crippen molar-refractivity contribution in [3.63, 3.8) is 0 Å². The first-order valence-corrected chi connectivity index (χ1v) is 5.07. The lowest BCUT2D eigenvalue weighted by Gasteiger charge is -2.15. The van der Waals surface area contributed by atoms with Gasteiger partial charge in [0.2, 0.25) is 5.91 Å².